The van der Waals surface area contributed by atoms with E-state index in [4.69, 9.17) is 4.52 Å². The number of hydrogen-bond donors (Lipinski definition) is 2. The van der Waals surface area contributed by atoms with E-state index in [1.54, 1.807) is 13.8 Å². The first-order valence-electron chi connectivity index (χ1n) is 8.29. The van der Waals surface area contributed by atoms with Crippen molar-refractivity contribution in [2.45, 2.75) is 18.7 Å². The zero-order chi connectivity index (χ0) is 21.2. The second-order valence-corrected chi connectivity index (χ2v) is 7.79. The molecule has 29 heavy (non-hydrogen) atoms. The summed E-state index contributed by atoms with van der Waals surface area (Å²) in [4.78, 5) is 22.3. The molecule has 0 aliphatic rings. The second kappa shape index (κ2) is 7.72. The lowest BCUT2D eigenvalue weighted by Gasteiger charge is -2.08. The molecule has 0 atom stereocenters. The van der Waals surface area contributed by atoms with Crippen LogP contribution in [0.1, 0.15) is 21.6 Å². The predicted octanol–water partition coefficient (Wildman–Crippen LogP) is 3.25. The molecule has 3 rings (SSSR count). The average molecular weight is 416 g/mol. The summed E-state index contributed by atoms with van der Waals surface area (Å²) in [6, 6.07) is 10.6. The number of non-ortho nitro benzene ring substituents is 1. The molecule has 0 aliphatic carbocycles. The number of aryl methyl sites for hydroxylation is 1. The molecule has 0 aliphatic heterocycles. The fourth-order valence-electron chi connectivity index (χ4n) is 2.35. The first-order valence-corrected chi connectivity index (χ1v) is 9.77. The Morgan fingerprint density at radius 2 is 1.69 bits per heavy atom. The van der Waals surface area contributed by atoms with E-state index in [0.29, 0.717) is 16.9 Å². The number of carbonyl (C=O) groups excluding carboxylic acids is 1. The number of nitrogens with one attached hydrogen (secondary N) is 2. The molecule has 1 aromatic heterocycles. The molecule has 0 saturated carbocycles. The quantitative estimate of drug-likeness (QED) is 0.463. The Hall–Kier alpha value is -3.73. The van der Waals surface area contributed by atoms with Gasteiger partial charge in [-0.1, -0.05) is 5.16 Å². The number of nitro benzene ring substituents is 1. The van der Waals surface area contributed by atoms with Gasteiger partial charge in [-0.3, -0.25) is 14.9 Å². The van der Waals surface area contributed by atoms with Gasteiger partial charge in [0.2, 0.25) is 5.88 Å². The van der Waals surface area contributed by atoms with E-state index in [1.807, 2.05) is 0 Å². The summed E-state index contributed by atoms with van der Waals surface area (Å²) in [6.07, 6.45) is 0. The lowest BCUT2D eigenvalue weighted by molar-refractivity contribution is -0.384. The smallest absolute Gasteiger partial charge is 0.269 e. The summed E-state index contributed by atoms with van der Waals surface area (Å²) < 4.78 is 32.2. The van der Waals surface area contributed by atoms with Gasteiger partial charge in [0.25, 0.3) is 21.6 Å². The predicted molar refractivity (Wildman–Crippen MR) is 104 cm³/mol. The molecule has 0 fully saturated rings. The Labute approximate surface area is 165 Å². The van der Waals surface area contributed by atoms with E-state index in [2.05, 4.69) is 15.2 Å². The third kappa shape index (κ3) is 4.41. The van der Waals surface area contributed by atoms with Crippen LogP contribution >= 0.6 is 0 Å². The second-order valence-electron chi connectivity index (χ2n) is 6.11. The first kappa shape index (κ1) is 20.0. The molecule has 2 N–H and O–H groups in total. The Kier molecular flexibility index (Phi) is 5.33. The van der Waals surface area contributed by atoms with Crippen molar-refractivity contribution in [3.05, 3.63) is 75.5 Å². The molecule has 0 saturated heterocycles. The molecular weight excluding hydrogens is 400 g/mol. The van der Waals surface area contributed by atoms with Gasteiger partial charge in [0.05, 0.1) is 15.5 Å². The van der Waals surface area contributed by atoms with Crippen LogP contribution < -0.4 is 10.0 Å². The van der Waals surface area contributed by atoms with Crippen molar-refractivity contribution in [2.24, 2.45) is 0 Å². The number of nitro groups is 1. The fraction of sp³-hybridized carbons (Fsp3) is 0.111. The summed E-state index contributed by atoms with van der Waals surface area (Å²) in [5, 5.41) is 17.0. The van der Waals surface area contributed by atoms with Crippen LogP contribution in [0.2, 0.25) is 0 Å². The Balaban J connectivity index is 1.71. The monoisotopic (exact) mass is 416 g/mol. The number of carbonyl (C=O) groups is 1. The highest BCUT2D eigenvalue weighted by molar-refractivity contribution is 7.92. The Bertz CT molecular complexity index is 1170. The van der Waals surface area contributed by atoms with Gasteiger partial charge in [-0.25, -0.2) is 13.1 Å². The van der Waals surface area contributed by atoms with Gasteiger partial charge in [-0.15, -0.1) is 0 Å². The van der Waals surface area contributed by atoms with Gasteiger partial charge in [-0.05, 0) is 50.2 Å². The summed E-state index contributed by atoms with van der Waals surface area (Å²) >= 11 is 0. The lowest BCUT2D eigenvalue weighted by Crippen LogP contribution is -2.14. The number of nitrogens with zero attached hydrogens (tertiary/aromatic N) is 2. The minimum Gasteiger partial charge on any atom is -0.337 e. The maximum absolute atomic E-state index is 12.5. The van der Waals surface area contributed by atoms with Crippen LogP contribution in [0.4, 0.5) is 17.3 Å². The first-order chi connectivity index (χ1) is 13.7. The van der Waals surface area contributed by atoms with Crippen LogP contribution in [0.25, 0.3) is 0 Å². The van der Waals surface area contributed by atoms with E-state index < -0.39 is 20.9 Å². The summed E-state index contributed by atoms with van der Waals surface area (Å²) in [7, 11) is -3.89. The number of anilines is 2. The van der Waals surface area contributed by atoms with E-state index in [-0.39, 0.29) is 22.0 Å². The highest BCUT2D eigenvalue weighted by atomic mass is 32.2. The Morgan fingerprint density at radius 1 is 1.07 bits per heavy atom. The molecule has 1 amide bonds. The van der Waals surface area contributed by atoms with Crippen LogP contribution in [0.5, 0.6) is 0 Å². The van der Waals surface area contributed by atoms with Crippen molar-refractivity contribution in [3.8, 4) is 0 Å². The summed E-state index contributed by atoms with van der Waals surface area (Å²) in [6.45, 7) is 3.37. The maximum Gasteiger partial charge on any atom is 0.269 e. The molecule has 2 aromatic carbocycles. The number of rotatable bonds is 6. The molecular formula is C18H16N4O6S. The number of amides is 1. The zero-order valence-electron chi connectivity index (χ0n) is 15.4. The van der Waals surface area contributed by atoms with E-state index >= 15 is 0 Å². The number of aromatic nitrogens is 1. The minimum absolute atomic E-state index is 0.0284. The molecule has 0 unspecified atom stereocenters. The standard InChI is InChI=1S/C18H16N4O6S/c1-11-12(2)20-28-18(11)21-29(26,27)16-9-5-14(6-10-16)19-17(23)13-3-7-15(8-4-13)22(24)25/h3-10,21H,1-2H3,(H,19,23). The summed E-state index contributed by atoms with van der Waals surface area (Å²) in [5.41, 5.74) is 1.62. The zero-order valence-corrected chi connectivity index (χ0v) is 16.2. The summed E-state index contributed by atoms with van der Waals surface area (Å²) in [5.74, 6) is -0.445. The van der Waals surface area contributed by atoms with Crippen LogP contribution in [0.15, 0.2) is 57.9 Å². The van der Waals surface area contributed by atoms with Gasteiger partial charge >= 0.3 is 0 Å². The lowest BCUT2D eigenvalue weighted by atomic mass is 10.2. The fourth-order valence-corrected chi connectivity index (χ4v) is 3.39. The van der Waals surface area contributed by atoms with Crippen LogP contribution in [-0.2, 0) is 10.0 Å². The molecule has 0 radical (unpaired) electrons. The van der Waals surface area contributed by atoms with Crippen molar-refractivity contribution < 1.29 is 22.7 Å². The average Bonchev–Trinajstić information content (AvgIpc) is 3.00. The van der Waals surface area contributed by atoms with E-state index in [0.717, 1.165) is 0 Å². The van der Waals surface area contributed by atoms with Crippen molar-refractivity contribution in [3.63, 3.8) is 0 Å². The van der Waals surface area contributed by atoms with Gasteiger partial charge in [0.1, 0.15) is 0 Å². The highest BCUT2D eigenvalue weighted by Crippen LogP contribution is 2.23. The number of sulfonamides is 1. The van der Waals surface area contributed by atoms with Crippen LogP contribution in [-0.4, -0.2) is 24.4 Å². The van der Waals surface area contributed by atoms with Gasteiger partial charge < -0.3 is 9.84 Å². The van der Waals surface area contributed by atoms with E-state index in [1.165, 1.54) is 48.5 Å². The molecule has 1 heterocycles. The van der Waals surface area contributed by atoms with Crippen molar-refractivity contribution in [1.82, 2.24) is 5.16 Å². The normalized spacial score (nSPS) is 11.1. The van der Waals surface area contributed by atoms with Crippen molar-refractivity contribution >= 4 is 33.2 Å². The molecule has 0 bridgehead atoms. The Morgan fingerprint density at radius 3 is 2.21 bits per heavy atom. The minimum atomic E-state index is -3.89. The topological polar surface area (TPSA) is 144 Å². The third-order valence-corrected chi connectivity index (χ3v) is 5.49. The molecule has 10 nitrogen and oxygen atoms in total. The van der Waals surface area contributed by atoms with Gasteiger partial charge in [0, 0.05) is 28.9 Å². The maximum atomic E-state index is 12.5. The van der Waals surface area contributed by atoms with Crippen LogP contribution in [0.3, 0.4) is 0 Å². The SMILES string of the molecule is Cc1noc(NS(=O)(=O)c2ccc(NC(=O)c3ccc([N+](=O)[O-])cc3)cc2)c1C. The largest absolute Gasteiger partial charge is 0.337 e. The number of benzene rings is 2. The van der Waals surface area contributed by atoms with E-state index in [9.17, 15) is 23.3 Å². The number of hydrogen-bond acceptors (Lipinski definition) is 7. The molecule has 3 aromatic rings. The molecule has 11 heteroatoms. The van der Waals surface area contributed by atoms with Crippen LogP contribution in [0, 0.1) is 24.0 Å². The van der Waals surface area contributed by atoms with Gasteiger partial charge in [0.15, 0.2) is 0 Å². The molecule has 0 spiro atoms. The highest BCUT2D eigenvalue weighted by Gasteiger charge is 2.19. The molecule has 150 valence electrons. The van der Waals surface area contributed by atoms with Crippen molar-refractivity contribution in [1.29, 1.82) is 0 Å². The van der Waals surface area contributed by atoms with Gasteiger partial charge in [-0.2, -0.15) is 0 Å². The third-order valence-electron chi connectivity index (χ3n) is 4.15. The van der Waals surface area contributed by atoms with Crippen molar-refractivity contribution in [2.75, 3.05) is 10.0 Å².